The second-order valence-corrected chi connectivity index (χ2v) is 7.26. The summed E-state index contributed by atoms with van der Waals surface area (Å²) >= 11 is 0. The topological polar surface area (TPSA) is 103 Å². The number of anilines is 2. The molecule has 21 heavy (non-hydrogen) atoms. The fourth-order valence-electron chi connectivity index (χ4n) is 2.37. The molecular formula is C13H19N3O4S. The number of hydrogen-bond acceptors (Lipinski definition) is 7. The zero-order chi connectivity index (χ0) is 15.6. The van der Waals surface area contributed by atoms with Crippen LogP contribution < -0.4 is 10.6 Å². The van der Waals surface area contributed by atoms with Gasteiger partial charge in [0, 0.05) is 13.1 Å². The summed E-state index contributed by atoms with van der Waals surface area (Å²) in [5, 5.41) is 0. The van der Waals surface area contributed by atoms with Crippen LogP contribution >= 0.6 is 0 Å². The molecule has 1 saturated heterocycles. The van der Waals surface area contributed by atoms with Crippen molar-refractivity contribution in [1.82, 2.24) is 4.98 Å². The average Bonchev–Trinajstić information content (AvgIpc) is 2.78. The highest BCUT2D eigenvalue weighted by Gasteiger charge is 2.32. The van der Waals surface area contributed by atoms with Crippen LogP contribution in [0.4, 0.5) is 11.5 Å². The van der Waals surface area contributed by atoms with E-state index in [4.69, 9.17) is 10.5 Å². The Morgan fingerprint density at radius 2 is 2.29 bits per heavy atom. The maximum atomic E-state index is 12.0. The van der Waals surface area contributed by atoms with Gasteiger partial charge in [-0.2, -0.15) is 0 Å². The first-order chi connectivity index (χ1) is 9.84. The average molecular weight is 313 g/mol. The number of carbonyl (C=O) groups is 1. The normalized spacial score (nSPS) is 20.2. The lowest BCUT2D eigenvalue weighted by Gasteiger charge is -2.26. The molecule has 8 heteroatoms. The molecule has 1 aromatic rings. The molecule has 0 aromatic carbocycles. The van der Waals surface area contributed by atoms with Crippen molar-refractivity contribution in [3.63, 3.8) is 0 Å². The van der Waals surface area contributed by atoms with Gasteiger partial charge in [-0.25, -0.2) is 18.2 Å². The Balaban J connectivity index is 2.32. The number of ether oxygens (including phenoxy) is 1. The van der Waals surface area contributed by atoms with Gasteiger partial charge in [-0.15, -0.1) is 0 Å². The van der Waals surface area contributed by atoms with E-state index < -0.39 is 15.8 Å². The molecule has 0 saturated carbocycles. The van der Waals surface area contributed by atoms with Crippen LogP contribution in [0.2, 0.25) is 0 Å². The third-order valence-electron chi connectivity index (χ3n) is 3.47. The van der Waals surface area contributed by atoms with Gasteiger partial charge < -0.3 is 15.4 Å². The molecule has 1 unspecified atom stereocenters. The Labute approximate surface area is 124 Å². The molecule has 0 bridgehead atoms. The highest BCUT2D eigenvalue weighted by Crippen LogP contribution is 2.26. The first-order valence-corrected chi connectivity index (χ1v) is 8.52. The van der Waals surface area contributed by atoms with Crippen LogP contribution in [-0.2, 0) is 14.6 Å². The Morgan fingerprint density at radius 3 is 2.86 bits per heavy atom. The monoisotopic (exact) mass is 313 g/mol. The summed E-state index contributed by atoms with van der Waals surface area (Å²) in [5.74, 6) is 0.105. The summed E-state index contributed by atoms with van der Waals surface area (Å²) in [6.45, 7) is 1.96. The summed E-state index contributed by atoms with van der Waals surface area (Å²) in [5.41, 5.74) is 6.28. The minimum atomic E-state index is -3.01. The lowest BCUT2D eigenvalue weighted by molar-refractivity contribution is 0.0526. The van der Waals surface area contributed by atoms with Crippen LogP contribution in [0.25, 0.3) is 0 Å². The molecule has 2 rings (SSSR count). The molecule has 1 aromatic heterocycles. The van der Waals surface area contributed by atoms with Crippen LogP contribution in [-0.4, -0.2) is 50.6 Å². The van der Waals surface area contributed by atoms with Gasteiger partial charge in [0.25, 0.3) is 0 Å². The molecule has 0 aliphatic carbocycles. The van der Waals surface area contributed by atoms with Gasteiger partial charge in [-0.05, 0) is 19.4 Å². The van der Waals surface area contributed by atoms with E-state index in [0.29, 0.717) is 17.9 Å². The van der Waals surface area contributed by atoms with E-state index in [2.05, 4.69) is 4.98 Å². The number of hydrogen-bond donors (Lipinski definition) is 1. The Bertz CT molecular complexity index is 645. The maximum absolute atomic E-state index is 12.0. The van der Waals surface area contributed by atoms with E-state index in [1.54, 1.807) is 18.9 Å². The fraction of sp³-hybridized carbons (Fsp3) is 0.538. The molecule has 1 atom stereocenters. The Kier molecular flexibility index (Phi) is 4.36. The van der Waals surface area contributed by atoms with Crippen molar-refractivity contribution >= 4 is 27.3 Å². The molecule has 1 aliphatic heterocycles. The number of esters is 1. The van der Waals surface area contributed by atoms with Crippen molar-refractivity contribution < 1.29 is 17.9 Å². The van der Waals surface area contributed by atoms with Crippen LogP contribution in [0.3, 0.4) is 0 Å². The third-order valence-corrected chi connectivity index (χ3v) is 5.22. The first kappa shape index (κ1) is 15.6. The molecule has 0 amide bonds. The summed E-state index contributed by atoms with van der Waals surface area (Å²) in [6, 6.07) is 1.31. The van der Waals surface area contributed by atoms with Crippen molar-refractivity contribution in [2.45, 2.75) is 19.4 Å². The van der Waals surface area contributed by atoms with Gasteiger partial charge in [0.15, 0.2) is 9.84 Å². The van der Waals surface area contributed by atoms with Crippen molar-refractivity contribution in [1.29, 1.82) is 0 Å². The molecule has 116 valence electrons. The van der Waals surface area contributed by atoms with Gasteiger partial charge >= 0.3 is 5.97 Å². The third kappa shape index (κ3) is 3.44. The summed E-state index contributed by atoms with van der Waals surface area (Å²) in [7, 11) is -1.28. The number of pyridine rings is 1. The minimum absolute atomic E-state index is 0.0673. The van der Waals surface area contributed by atoms with Crippen LogP contribution in [0, 0.1) is 0 Å². The minimum Gasteiger partial charge on any atom is -0.462 e. The number of nitrogen functional groups attached to an aromatic ring is 1. The summed E-state index contributed by atoms with van der Waals surface area (Å²) in [6.07, 6.45) is 1.96. The number of nitrogens with two attached hydrogens (primary N) is 1. The number of aromatic nitrogens is 1. The zero-order valence-corrected chi connectivity index (χ0v) is 12.9. The van der Waals surface area contributed by atoms with Crippen LogP contribution in [0.5, 0.6) is 0 Å². The lowest BCUT2D eigenvalue weighted by Crippen LogP contribution is -2.34. The number of sulfone groups is 1. The molecule has 1 aliphatic rings. The van der Waals surface area contributed by atoms with Gasteiger partial charge in [-0.3, -0.25) is 0 Å². The second-order valence-electron chi connectivity index (χ2n) is 5.03. The largest absolute Gasteiger partial charge is 0.462 e. The number of nitrogens with zero attached hydrogens (tertiary/aromatic N) is 2. The summed E-state index contributed by atoms with van der Waals surface area (Å²) in [4.78, 5) is 17.9. The highest BCUT2D eigenvalue weighted by atomic mass is 32.2. The van der Waals surface area contributed by atoms with E-state index in [0.717, 1.165) is 0 Å². The number of carbonyl (C=O) groups excluding carboxylic acids is 1. The zero-order valence-electron chi connectivity index (χ0n) is 12.1. The van der Waals surface area contributed by atoms with Gasteiger partial charge in [0.1, 0.15) is 11.4 Å². The van der Waals surface area contributed by atoms with Gasteiger partial charge in [0.05, 0.1) is 30.0 Å². The van der Waals surface area contributed by atoms with E-state index in [1.165, 1.54) is 12.3 Å². The molecule has 2 heterocycles. The molecule has 0 radical (unpaired) electrons. The van der Waals surface area contributed by atoms with Crippen molar-refractivity contribution in [3.05, 3.63) is 17.8 Å². The molecule has 1 fully saturated rings. The standard InChI is InChI=1S/C13H19N3O4S/c1-3-20-13(17)11-6-9(14)7-15-12(11)16(2)10-4-5-21(18,19)8-10/h6-7,10H,3-5,8,14H2,1-2H3. The van der Waals surface area contributed by atoms with Crippen LogP contribution in [0.15, 0.2) is 12.3 Å². The van der Waals surface area contributed by atoms with Crippen molar-refractivity contribution in [2.24, 2.45) is 0 Å². The number of rotatable bonds is 4. The summed E-state index contributed by atoms with van der Waals surface area (Å²) < 4.78 is 28.2. The SMILES string of the molecule is CCOC(=O)c1cc(N)cnc1N(C)C1CCS(=O)(=O)C1. The first-order valence-electron chi connectivity index (χ1n) is 6.70. The van der Waals surface area contributed by atoms with E-state index in [1.807, 2.05) is 0 Å². The van der Waals surface area contributed by atoms with E-state index in [9.17, 15) is 13.2 Å². The lowest BCUT2D eigenvalue weighted by atomic mass is 10.2. The van der Waals surface area contributed by atoms with Gasteiger partial charge in [-0.1, -0.05) is 0 Å². The second kappa shape index (κ2) is 5.88. The van der Waals surface area contributed by atoms with Crippen LogP contribution in [0.1, 0.15) is 23.7 Å². The Hall–Kier alpha value is -1.83. The smallest absolute Gasteiger partial charge is 0.341 e. The molecule has 0 spiro atoms. The molecule has 7 nitrogen and oxygen atoms in total. The maximum Gasteiger partial charge on any atom is 0.341 e. The van der Waals surface area contributed by atoms with E-state index in [-0.39, 0.29) is 29.7 Å². The van der Waals surface area contributed by atoms with Crippen molar-refractivity contribution in [3.8, 4) is 0 Å². The van der Waals surface area contributed by atoms with Gasteiger partial charge in [0.2, 0.25) is 0 Å². The van der Waals surface area contributed by atoms with Crippen molar-refractivity contribution in [2.75, 3.05) is 35.8 Å². The fourth-order valence-corrected chi connectivity index (χ4v) is 4.14. The molecule has 2 N–H and O–H groups in total. The predicted octanol–water partition coefficient (Wildman–Crippen LogP) is 0.464. The Morgan fingerprint density at radius 1 is 1.57 bits per heavy atom. The quantitative estimate of drug-likeness (QED) is 0.806. The predicted molar refractivity (Wildman–Crippen MR) is 80.1 cm³/mol. The highest BCUT2D eigenvalue weighted by molar-refractivity contribution is 7.91. The molecular weight excluding hydrogens is 294 g/mol. The van der Waals surface area contributed by atoms with E-state index >= 15 is 0 Å².